The lowest BCUT2D eigenvalue weighted by molar-refractivity contribution is -0.124. The molecule has 0 unspecified atom stereocenters. The van der Waals surface area contributed by atoms with Gasteiger partial charge in [0.25, 0.3) is 0 Å². The van der Waals surface area contributed by atoms with Gasteiger partial charge in [0.2, 0.25) is 5.91 Å². The number of sulfone groups is 1. The average Bonchev–Trinajstić information content (AvgIpc) is 3.26. The first-order valence-electron chi connectivity index (χ1n) is 9.23. The van der Waals surface area contributed by atoms with Crippen molar-refractivity contribution >= 4 is 38.2 Å². The molecule has 7 heteroatoms. The Morgan fingerprint density at radius 3 is 2.64 bits per heavy atom. The molecule has 0 bridgehead atoms. The molecule has 0 saturated carbocycles. The second-order valence-electron chi connectivity index (χ2n) is 7.21. The van der Waals surface area contributed by atoms with Crippen LogP contribution < -0.4 is 5.32 Å². The molecule has 1 aliphatic heterocycles. The summed E-state index contributed by atoms with van der Waals surface area (Å²) in [7, 11) is -3.10. The van der Waals surface area contributed by atoms with E-state index in [0.717, 1.165) is 22.0 Å². The highest BCUT2D eigenvalue weighted by Crippen LogP contribution is 2.34. The lowest BCUT2D eigenvalue weighted by Crippen LogP contribution is -2.34. The van der Waals surface area contributed by atoms with Crippen LogP contribution in [0.15, 0.2) is 54.7 Å². The van der Waals surface area contributed by atoms with Gasteiger partial charge in [-0.15, -0.1) is 0 Å². The van der Waals surface area contributed by atoms with Crippen LogP contribution in [0.25, 0.3) is 10.9 Å². The fourth-order valence-electron chi connectivity index (χ4n) is 3.88. The smallest absolute Gasteiger partial charge is 0.224 e. The highest BCUT2D eigenvalue weighted by atomic mass is 35.5. The number of carbonyl (C=O) groups excluding carboxylic acids is 1. The third-order valence-corrected chi connectivity index (χ3v) is 7.47. The molecular weight excluding hydrogens is 396 g/mol. The van der Waals surface area contributed by atoms with Gasteiger partial charge in [-0.3, -0.25) is 4.79 Å². The number of nitrogens with one attached hydrogen (secondary N) is 2. The van der Waals surface area contributed by atoms with Crippen LogP contribution in [-0.4, -0.2) is 37.4 Å². The summed E-state index contributed by atoms with van der Waals surface area (Å²) in [6.07, 6.45) is 2.34. The van der Waals surface area contributed by atoms with Gasteiger partial charge in [0, 0.05) is 34.6 Å². The van der Waals surface area contributed by atoms with E-state index in [0.29, 0.717) is 18.0 Å². The van der Waals surface area contributed by atoms with E-state index in [2.05, 4.69) is 10.3 Å². The lowest BCUT2D eigenvalue weighted by atomic mass is 9.90. The van der Waals surface area contributed by atoms with Crippen LogP contribution in [-0.2, 0) is 14.6 Å². The average molecular weight is 417 g/mol. The lowest BCUT2D eigenvalue weighted by Gasteiger charge is -2.20. The van der Waals surface area contributed by atoms with E-state index in [-0.39, 0.29) is 23.3 Å². The van der Waals surface area contributed by atoms with Crippen molar-refractivity contribution in [2.75, 3.05) is 18.1 Å². The Labute approximate surface area is 169 Å². The Morgan fingerprint density at radius 2 is 1.89 bits per heavy atom. The molecule has 2 N–H and O–H groups in total. The monoisotopic (exact) mass is 416 g/mol. The van der Waals surface area contributed by atoms with Gasteiger partial charge in [-0.25, -0.2) is 8.42 Å². The number of benzene rings is 2. The zero-order valence-electron chi connectivity index (χ0n) is 15.2. The van der Waals surface area contributed by atoms with Crippen LogP contribution in [0.5, 0.6) is 0 Å². The fourth-order valence-corrected chi connectivity index (χ4v) is 5.89. The van der Waals surface area contributed by atoms with E-state index >= 15 is 0 Å². The molecule has 1 aromatic heterocycles. The first kappa shape index (κ1) is 19.0. The number of halogens is 1. The molecular formula is C21H21ClN2O3S. The van der Waals surface area contributed by atoms with Gasteiger partial charge in [-0.2, -0.15) is 0 Å². The minimum atomic E-state index is -3.10. The first-order valence-corrected chi connectivity index (χ1v) is 11.4. The van der Waals surface area contributed by atoms with Crippen LogP contribution in [0.3, 0.4) is 0 Å². The number of aromatic nitrogens is 1. The third kappa shape index (κ3) is 3.80. The molecule has 3 aromatic rings. The molecule has 5 nitrogen and oxygen atoms in total. The van der Waals surface area contributed by atoms with Gasteiger partial charge < -0.3 is 10.3 Å². The number of amides is 1. The summed E-state index contributed by atoms with van der Waals surface area (Å²) in [5.74, 6) is -0.811. The Hall–Kier alpha value is -2.31. The maximum Gasteiger partial charge on any atom is 0.224 e. The summed E-state index contributed by atoms with van der Waals surface area (Å²) in [5.41, 5.74) is 2.99. The number of hydrogen-bond donors (Lipinski definition) is 2. The minimum Gasteiger partial charge on any atom is -0.361 e. The molecule has 1 amide bonds. The maximum atomic E-state index is 12.6. The van der Waals surface area contributed by atoms with Gasteiger partial charge in [-0.1, -0.05) is 48.0 Å². The quantitative estimate of drug-likeness (QED) is 0.668. The minimum absolute atomic E-state index is 0.0668. The number of fused-ring (bicyclic) bond motifs is 1. The highest BCUT2D eigenvalue weighted by Gasteiger charge is 2.33. The van der Waals surface area contributed by atoms with Gasteiger partial charge >= 0.3 is 0 Å². The Bertz CT molecular complexity index is 1120. The zero-order chi connectivity index (χ0) is 19.7. The van der Waals surface area contributed by atoms with Crippen LogP contribution >= 0.6 is 11.6 Å². The Balaban J connectivity index is 1.63. The Morgan fingerprint density at radius 1 is 1.14 bits per heavy atom. The van der Waals surface area contributed by atoms with Crippen LogP contribution in [0.2, 0.25) is 5.02 Å². The van der Waals surface area contributed by atoms with Gasteiger partial charge in [0.15, 0.2) is 9.84 Å². The molecule has 2 heterocycles. The molecule has 0 aliphatic carbocycles. The largest absolute Gasteiger partial charge is 0.361 e. The number of para-hydroxylation sites is 1. The third-order valence-electron chi connectivity index (χ3n) is 5.36. The number of hydrogen-bond acceptors (Lipinski definition) is 3. The van der Waals surface area contributed by atoms with Crippen LogP contribution in [0.4, 0.5) is 0 Å². The summed E-state index contributed by atoms with van der Waals surface area (Å²) >= 11 is 6.46. The SMILES string of the molecule is O=C(NC[C@H](c1ccccc1Cl)c1c[nH]c2ccccc12)[C@@H]1CCS(=O)(=O)C1. The van der Waals surface area contributed by atoms with Crippen LogP contribution in [0.1, 0.15) is 23.5 Å². The van der Waals surface area contributed by atoms with Crippen molar-refractivity contribution in [3.05, 3.63) is 70.9 Å². The van der Waals surface area contributed by atoms with Crippen molar-refractivity contribution in [2.45, 2.75) is 12.3 Å². The molecule has 1 aliphatic rings. The molecule has 4 rings (SSSR count). The topological polar surface area (TPSA) is 79.0 Å². The van der Waals surface area contributed by atoms with E-state index in [1.807, 2.05) is 54.7 Å². The van der Waals surface area contributed by atoms with Crippen molar-refractivity contribution in [3.8, 4) is 0 Å². The number of carbonyl (C=O) groups is 1. The standard InChI is InChI=1S/C21H21ClN2O3S/c22-19-7-3-1-5-15(19)17(18-11-23-20-8-4-2-6-16(18)20)12-24-21(25)14-9-10-28(26,27)13-14/h1-8,11,14,17,23H,9-10,12-13H2,(H,24,25)/t14-,17-/m1/s1. The molecule has 28 heavy (non-hydrogen) atoms. The zero-order valence-corrected chi connectivity index (χ0v) is 16.8. The van der Waals surface area contributed by atoms with Crippen molar-refractivity contribution in [1.29, 1.82) is 0 Å². The summed E-state index contributed by atoms with van der Waals surface area (Å²) in [6.45, 7) is 0.348. The summed E-state index contributed by atoms with van der Waals surface area (Å²) < 4.78 is 23.4. The predicted octanol–water partition coefficient (Wildman–Crippen LogP) is 3.50. The van der Waals surface area contributed by atoms with Crippen LogP contribution in [0, 0.1) is 5.92 Å². The fraction of sp³-hybridized carbons (Fsp3) is 0.286. The first-order chi connectivity index (χ1) is 13.4. The molecule has 0 radical (unpaired) electrons. The maximum absolute atomic E-state index is 12.6. The van der Waals surface area contributed by atoms with E-state index in [9.17, 15) is 13.2 Å². The number of H-pyrrole nitrogens is 1. The summed E-state index contributed by atoms with van der Waals surface area (Å²) in [6, 6.07) is 15.6. The predicted molar refractivity (Wildman–Crippen MR) is 111 cm³/mol. The molecule has 1 fully saturated rings. The highest BCUT2D eigenvalue weighted by molar-refractivity contribution is 7.91. The van der Waals surface area contributed by atoms with E-state index in [4.69, 9.17) is 11.6 Å². The molecule has 2 atom stereocenters. The van der Waals surface area contributed by atoms with E-state index < -0.39 is 15.8 Å². The van der Waals surface area contributed by atoms with Gasteiger partial charge in [0.05, 0.1) is 17.4 Å². The summed E-state index contributed by atoms with van der Waals surface area (Å²) in [4.78, 5) is 15.8. The normalized spacial score (nSPS) is 19.5. The number of aromatic amines is 1. The van der Waals surface area contributed by atoms with Gasteiger partial charge in [0.1, 0.15) is 0 Å². The summed E-state index contributed by atoms with van der Waals surface area (Å²) in [5, 5.41) is 4.67. The Kier molecular flexibility index (Phi) is 5.17. The molecule has 1 saturated heterocycles. The second kappa shape index (κ2) is 7.60. The van der Waals surface area contributed by atoms with E-state index in [1.54, 1.807) is 0 Å². The number of rotatable bonds is 5. The van der Waals surface area contributed by atoms with Crippen molar-refractivity contribution in [3.63, 3.8) is 0 Å². The second-order valence-corrected chi connectivity index (χ2v) is 9.84. The van der Waals surface area contributed by atoms with Crippen molar-refractivity contribution in [2.24, 2.45) is 5.92 Å². The molecule has 2 aromatic carbocycles. The van der Waals surface area contributed by atoms with E-state index in [1.165, 1.54) is 0 Å². The van der Waals surface area contributed by atoms with Crippen molar-refractivity contribution < 1.29 is 13.2 Å². The molecule has 146 valence electrons. The van der Waals surface area contributed by atoms with Crippen molar-refractivity contribution in [1.82, 2.24) is 10.3 Å². The van der Waals surface area contributed by atoms with Gasteiger partial charge in [-0.05, 0) is 29.7 Å². The molecule has 0 spiro atoms.